The van der Waals surface area contributed by atoms with E-state index < -0.39 is 12.0 Å². The van der Waals surface area contributed by atoms with Crippen molar-refractivity contribution >= 4 is 5.97 Å². The lowest BCUT2D eigenvalue weighted by Gasteiger charge is -2.24. The molecule has 0 aliphatic rings. The van der Waals surface area contributed by atoms with Crippen LogP contribution < -0.4 is 0 Å². The van der Waals surface area contributed by atoms with Gasteiger partial charge in [-0.15, -0.1) is 0 Å². The quantitative estimate of drug-likeness (QED) is 0.817. The van der Waals surface area contributed by atoms with Crippen molar-refractivity contribution in [1.29, 1.82) is 0 Å². The van der Waals surface area contributed by atoms with Gasteiger partial charge < -0.3 is 9.84 Å². The zero-order valence-electron chi connectivity index (χ0n) is 9.89. The van der Waals surface area contributed by atoms with Crippen molar-refractivity contribution in [2.24, 2.45) is 0 Å². The number of halogens is 1. The van der Waals surface area contributed by atoms with Gasteiger partial charge in [-0.05, 0) is 13.1 Å². The number of aliphatic carboxylic acids is 1. The number of carboxylic acid groups (broad SMARTS) is 1. The van der Waals surface area contributed by atoms with Gasteiger partial charge in [0, 0.05) is 19.2 Å². The minimum absolute atomic E-state index is 0.0697. The molecule has 0 saturated heterocycles. The maximum absolute atomic E-state index is 13.4. The predicted molar refractivity (Wildman–Crippen MR) is 61.2 cm³/mol. The summed E-state index contributed by atoms with van der Waals surface area (Å²) in [6, 6.07) is 5.54. The normalized spacial score (nSPS) is 12.7. The van der Waals surface area contributed by atoms with Crippen LogP contribution in [0.4, 0.5) is 4.39 Å². The van der Waals surface area contributed by atoms with E-state index in [9.17, 15) is 9.18 Å². The summed E-state index contributed by atoms with van der Waals surface area (Å²) >= 11 is 0. The maximum atomic E-state index is 13.4. The van der Waals surface area contributed by atoms with E-state index in [0.29, 0.717) is 5.56 Å². The summed E-state index contributed by atoms with van der Waals surface area (Å²) in [7, 11) is 3.07. The number of hydrogen-bond acceptors (Lipinski definition) is 3. The number of hydrogen-bond donors (Lipinski definition) is 1. The third kappa shape index (κ3) is 3.80. The van der Waals surface area contributed by atoms with Crippen LogP contribution in [-0.2, 0) is 16.1 Å². The van der Waals surface area contributed by atoms with Crippen molar-refractivity contribution in [3.05, 3.63) is 35.6 Å². The van der Waals surface area contributed by atoms with Crippen LogP contribution in [-0.4, -0.2) is 42.8 Å². The first-order valence-electron chi connectivity index (χ1n) is 5.21. The van der Waals surface area contributed by atoms with Gasteiger partial charge >= 0.3 is 5.97 Å². The van der Waals surface area contributed by atoms with Crippen molar-refractivity contribution in [2.75, 3.05) is 20.8 Å². The second-order valence-corrected chi connectivity index (χ2v) is 3.82. The van der Waals surface area contributed by atoms with E-state index in [-0.39, 0.29) is 19.0 Å². The Morgan fingerprint density at radius 1 is 1.53 bits per heavy atom. The number of rotatable bonds is 6. The molecule has 0 aromatic heterocycles. The van der Waals surface area contributed by atoms with E-state index in [1.807, 2.05) is 0 Å². The molecular formula is C12H16FNO3. The second kappa shape index (κ2) is 6.32. The number of methoxy groups -OCH3 is 1. The predicted octanol–water partition coefficient (Wildman–Crippen LogP) is 1.36. The molecule has 1 rings (SSSR count). The van der Waals surface area contributed by atoms with Crippen LogP contribution >= 0.6 is 0 Å². The largest absolute Gasteiger partial charge is 0.480 e. The molecule has 17 heavy (non-hydrogen) atoms. The van der Waals surface area contributed by atoms with Crippen LogP contribution in [0.1, 0.15) is 5.56 Å². The van der Waals surface area contributed by atoms with Gasteiger partial charge in [0.1, 0.15) is 11.9 Å². The van der Waals surface area contributed by atoms with Crippen molar-refractivity contribution in [1.82, 2.24) is 4.90 Å². The standard InChI is InChI=1S/C12H16FNO3/c1-14(11(8-17-2)12(15)16)7-9-5-3-4-6-10(9)13/h3-6,11H,7-8H2,1-2H3,(H,15,16). The first-order valence-corrected chi connectivity index (χ1v) is 5.21. The highest BCUT2D eigenvalue weighted by Gasteiger charge is 2.23. The first-order chi connectivity index (χ1) is 8.06. The molecule has 0 heterocycles. The summed E-state index contributed by atoms with van der Waals surface area (Å²) in [4.78, 5) is 12.5. The van der Waals surface area contributed by atoms with E-state index in [2.05, 4.69) is 0 Å². The highest BCUT2D eigenvalue weighted by atomic mass is 19.1. The van der Waals surface area contributed by atoms with Gasteiger partial charge in [0.25, 0.3) is 0 Å². The summed E-state index contributed by atoms with van der Waals surface area (Å²) in [6.45, 7) is 0.299. The third-order valence-electron chi connectivity index (χ3n) is 2.52. The zero-order valence-corrected chi connectivity index (χ0v) is 9.89. The molecule has 0 aliphatic heterocycles. The van der Waals surface area contributed by atoms with E-state index in [1.165, 1.54) is 13.2 Å². The Labute approximate surface area is 99.6 Å². The van der Waals surface area contributed by atoms with Gasteiger partial charge in [-0.25, -0.2) is 4.39 Å². The maximum Gasteiger partial charge on any atom is 0.323 e. The van der Waals surface area contributed by atoms with Gasteiger partial charge in [0.05, 0.1) is 6.61 Å². The van der Waals surface area contributed by atoms with Crippen LogP contribution in [0.3, 0.4) is 0 Å². The summed E-state index contributed by atoms with van der Waals surface area (Å²) in [6.07, 6.45) is 0. The lowest BCUT2D eigenvalue weighted by Crippen LogP contribution is -2.41. The van der Waals surface area contributed by atoms with Gasteiger partial charge in [0.15, 0.2) is 0 Å². The van der Waals surface area contributed by atoms with Crippen molar-refractivity contribution < 1.29 is 19.0 Å². The molecule has 0 saturated carbocycles. The second-order valence-electron chi connectivity index (χ2n) is 3.82. The lowest BCUT2D eigenvalue weighted by molar-refractivity contribution is -0.145. The number of ether oxygens (including phenoxy) is 1. The minimum Gasteiger partial charge on any atom is -0.480 e. The molecule has 0 aliphatic carbocycles. The van der Waals surface area contributed by atoms with E-state index in [4.69, 9.17) is 9.84 Å². The van der Waals surface area contributed by atoms with Gasteiger partial charge in [-0.3, -0.25) is 9.69 Å². The molecule has 1 unspecified atom stereocenters. The SMILES string of the molecule is COCC(C(=O)O)N(C)Cc1ccccc1F. The highest BCUT2D eigenvalue weighted by molar-refractivity contribution is 5.73. The lowest BCUT2D eigenvalue weighted by atomic mass is 10.1. The molecule has 1 aromatic carbocycles. The van der Waals surface area contributed by atoms with Crippen LogP contribution in [0.15, 0.2) is 24.3 Å². The summed E-state index contributed by atoms with van der Waals surface area (Å²) in [5.41, 5.74) is 0.470. The Morgan fingerprint density at radius 3 is 2.71 bits per heavy atom. The molecule has 1 aromatic rings. The van der Waals surface area contributed by atoms with E-state index in [1.54, 1.807) is 30.1 Å². The van der Waals surface area contributed by atoms with Crippen LogP contribution in [0, 0.1) is 5.82 Å². The van der Waals surface area contributed by atoms with Crippen LogP contribution in [0.5, 0.6) is 0 Å². The number of carboxylic acids is 1. The fourth-order valence-electron chi connectivity index (χ4n) is 1.55. The smallest absolute Gasteiger partial charge is 0.323 e. The van der Waals surface area contributed by atoms with Crippen LogP contribution in [0.2, 0.25) is 0 Å². The topological polar surface area (TPSA) is 49.8 Å². The molecule has 5 heteroatoms. The molecule has 4 nitrogen and oxygen atoms in total. The average molecular weight is 241 g/mol. The number of likely N-dealkylation sites (N-methyl/N-ethyl adjacent to an activating group) is 1. The first kappa shape index (κ1) is 13.6. The summed E-state index contributed by atoms with van der Waals surface area (Å²) in [5.74, 6) is -1.31. The average Bonchev–Trinajstić information content (AvgIpc) is 2.28. The van der Waals surface area contributed by atoms with E-state index in [0.717, 1.165) is 0 Å². The molecule has 0 bridgehead atoms. The van der Waals surface area contributed by atoms with Crippen LogP contribution in [0.25, 0.3) is 0 Å². The Hall–Kier alpha value is -1.46. The molecule has 0 spiro atoms. The molecule has 0 fully saturated rings. The van der Waals surface area contributed by atoms with Gasteiger partial charge in [-0.1, -0.05) is 18.2 Å². The summed E-state index contributed by atoms with van der Waals surface area (Å²) in [5, 5.41) is 9.01. The Kier molecular flexibility index (Phi) is 5.06. The summed E-state index contributed by atoms with van der Waals surface area (Å²) < 4.78 is 18.2. The monoisotopic (exact) mass is 241 g/mol. The van der Waals surface area contributed by atoms with E-state index >= 15 is 0 Å². The Balaban J connectivity index is 2.73. The fraction of sp³-hybridized carbons (Fsp3) is 0.417. The number of nitrogens with zero attached hydrogens (tertiary/aromatic N) is 1. The molecule has 94 valence electrons. The Morgan fingerprint density at radius 2 is 2.18 bits per heavy atom. The minimum atomic E-state index is -0.981. The molecule has 0 amide bonds. The molecule has 1 N–H and O–H groups in total. The van der Waals surface area contributed by atoms with Crippen molar-refractivity contribution in [3.8, 4) is 0 Å². The number of benzene rings is 1. The zero-order chi connectivity index (χ0) is 12.8. The molecule has 0 radical (unpaired) electrons. The number of carbonyl (C=O) groups is 1. The third-order valence-corrected chi connectivity index (χ3v) is 2.52. The van der Waals surface area contributed by atoms with Gasteiger partial charge in [0.2, 0.25) is 0 Å². The molecular weight excluding hydrogens is 225 g/mol. The highest BCUT2D eigenvalue weighted by Crippen LogP contribution is 2.11. The van der Waals surface area contributed by atoms with Gasteiger partial charge in [-0.2, -0.15) is 0 Å². The molecule has 1 atom stereocenters. The Bertz CT molecular complexity index is 384. The van der Waals surface area contributed by atoms with Crippen molar-refractivity contribution in [2.45, 2.75) is 12.6 Å². The fourth-order valence-corrected chi connectivity index (χ4v) is 1.55. The van der Waals surface area contributed by atoms with Crippen molar-refractivity contribution in [3.63, 3.8) is 0 Å².